The van der Waals surface area contributed by atoms with Crippen LogP contribution in [0.4, 0.5) is 5.69 Å². The summed E-state index contributed by atoms with van der Waals surface area (Å²) in [6, 6.07) is 9.16. The van der Waals surface area contributed by atoms with Crippen molar-refractivity contribution in [2.24, 2.45) is 5.92 Å². The standard InChI is InChI=1S/C14H13N3O2/c1-9-8-13(18)17(14(9)19)11-4-2-10(3-5-11)12-6-7-15-16-12/h2-7,9H,8H2,1H3,(H,15,16). The van der Waals surface area contributed by atoms with Gasteiger partial charge in [0.2, 0.25) is 11.8 Å². The first-order valence-corrected chi connectivity index (χ1v) is 6.13. The summed E-state index contributed by atoms with van der Waals surface area (Å²) in [6.45, 7) is 1.78. The molecule has 0 bridgehead atoms. The predicted octanol–water partition coefficient (Wildman–Crippen LogP) is 1.98. The average Bonchev–Trinajstić information content (AvgIpc) is 3.00. The van der Waals surface area contributed by atoms with E-state index >= 15 is 0 Å². The Balaban J connectivity index is 1.91. The first-order chi connectivity index (χ1) is 9.16. The molecule has 5 heteroatoms. The lowest BCUT2D eigenvalue weighted by molar-refractivity contribution is -0.122. The number of anilines is 1. The van der Waals surface area contributed by atoms with Crippen molar-refractivity contribution >= 4 is 17.5 Å². The lowest BCUT2D eigenvalue weighted by Gasteiger charge is -2.14. The fourth-order valence-corrected chi connectivity index (χ4v) is 2.26. The number of imide groups is 1. The molecule has 1 fully saturated rings. The third-order valence-electron chi connectivity index (χ3n) is 3.31. The van der Waals surface area contributed by atoms with Gasteiger partial charge in [-0.2, -0.15) is 5.10 Å². The molecular weight excluding hydrogens is 242 g/mol. The number of aromatic nitrogens is 2. The molecule has 1 aliphatic heterocycles. The maximum atomic E-state index is 11.9. The Bertz CT molecular complexity index is 617. The molecule has 0 radical (unpaired) electrons. The zero-order valence-corrected chi connectivity index (χ0v) is 10.5. The van der Waals surface area contributed by atoms with Crippen LogP contribution in [0.15, 0.2) is 36.5 Å². The van der Waals surface area contributed by atoms with Gasteiger partial charge in [0, 0.05) is 18.5 Å². The molecule has 96 valence electrons. The largest absolute Gasteiger partial charge is 0.278 e. The number of amides is 2. The molecule has 5 nitrogen and oxygen atoms in total. The van der Waals surface area contributed by atoms with Crippen LogP contribution in [0.2, 0.25) is 0 Å². The molecule has 1 atom stereocenters. The lowest BCUT2D eigenvalue weighted by Crippen LogP contribution is -2.29. The van der Waals surface area contributed by atoms with E-state index in [9.17, 15) is 9.59 Å². The minimum atomic E-state index is -0.222. The van der Waals surface area contributed by atoms with E-state index in [2.05, 4.69) is 10.2 Å². The monoisotopic (exact) mass is 255 g/mol. The fourth-order valence-electron chi connectivity index (χ4n) is 2.26. The van der Waals surface area contributed by atoms with Crippen LogP contribution in [-0.2, 0) is 9.59 Å². The molecule has 19 heavy (non-hydrogen) atoms. The second-order valence-electron chi connectivity index (χ2n) is 4.69. The smallest absolute Gasteiger partial charge is 0.237 e. The topological polar surface area (TPSA) is 66.1 Å². The lowest BCUT2D eigenvalue weighted by atomic mass is 10.1. The van der Waals surface area contributed by atoms with Crippen molar-refractivity contribution in [1.82, 2.24) is 10.2 Å². The highest BCUT2D eigenvalue weighted by molar-refractivity contribution is 6.20. The van der Waals surface area contributed by atoms with E-state index in [1.54, 1.807) is 25.3 Å². The molecule has 1 aromatic carbocycles. The van der Waals surface area contributed by atoms with Crippen LogP contribution in [0, 0.1) is 5.92 Å². The summed E-state index contributed by atoms with van der Waals surface area (Å²) in [6.07, 6.45) is 1.97. The van der Waals surface area contributed by atoms with Gasteiger partial charge >= 0.3 is 0 Å². The predicted molar refractivity (Wildman–Crippen MR) is 70.3 cm³/mol. The van der Waals surface area contributed by atoms with Crippen LogP contribution in [-0.4, -0.2) is 22.0 Å². The SMILES string of the molecule is CC1CC(=O)N(c2ccc(-c3ccn[nH]3)cc2)C1=O. The average molecular weight is 255 g/mol. The Morgan fingerprint density at radius 3 is 2.47 bits per heavy atom. The molecule has 2 aromatic rings. The summed E-state index contributed by atoms with van der Waals surface area (Å²) < 4.78 is 0. The van der Waals surface area contributed by atoms with E-state index in [-0.39, 0.29) is 17.7 Å². The van der Waals surface area contributed by atoms with Crippen LogP contribution in [0.25, 0.3) is 11.3 Å². The third kappa shape index (κ3) is 1.93. The van der Waals surface area contributed by atoms with Gasteiger partial charge < -0.3 is 0 Å². The highest BCUT2D eigenvalue weighted by Gasteiger charge is 2.36. The van der Waals surface area contributed by atoms with Crippen molar-refractivity contribution in [1.29, 1.82) is 0 Å². The van der Waals surface area contributed by atoms with Gasteiger partial charge in [-0.25, -0.2) is 0 Å². The van der Waals surface area contributed by atoms with Crippen LogP contribution in [0.3, 0.4) is 0 Å². The minimum absolute atomic E-state index is 0.126. The zero-order valence-electron chi connectivity index (χ0n) is 10.5. The molecule has 1 unspecified atom stereocenters. The number of hydrogen-bond donors (Lipinski definition) is 1. The molecule has 0 spiro atoms. The number of nitrogens with one attached hydrogen (secondary N) is 1. The number of hydrogen-bond acceptors (Lipinski definition) is 3. The summed E-state index contributed by atoms with van der Waals surface area (Å²) in [4.78, 5) is 25.0. The quantitative estimate of drug-likeness (QED) is 0.834. The summed E-state index contributed by atoms with van der Waals surface area (Å²) in [5.74, 6) is -0.481. The van der Waals surface area contributed by atoms with Gasteiger partial charge in [-0.05, 0) is 23.8 Å². The minimum Gasteiger partial charge on any atom is -0.278 e. The van der Waals surface area contributed by atoms with Gasteiger partial charge in [0.15, 0.2) is 0 Å². The maximum absolute atomic E-state index is 11.9. The second-order valence-corrected chi connectivity index (χ2v) is 4.69. The highest BCUT2D eigenvalue weighted by Crippen LogP contribution is 2.27. The van der Waals surface area contributed by atoms with E-state index in [1.165, 1.54) is 4.90 Å². The van der Waals surface area contributed by atoms with Crippen molar-refractivity contribution in [2.75, 3.05) is 4.90 Å². The van der Waals surface area contributed by atoms with Gasteiger partial charge in [0.25, 0.3) is 0 Å². The van der Waals surface area contributed by atoms with Crippen LogP contribution in [0.5, 0.6) is 0 Å². The molecule has 0 saturated carbocycles. The molecule has 2 amide bonds. The van der Waals surface area contributed by atoms with Crippen LogP contribution < -0.4 is 4.90 Å². The third-order valence-corrected chi connectivity index (χ3v) is 3.31. The highest BCUT2D eigenvalue weighted by atomic mass is 16.2. The normalized spacial score (nSPS) is 19.2. The molecule has 1 N–H and O–H groups in total. The van der Waals surface area contributed by atoms with Crippen LogP contribution >= 0.6 is 0 Å². The Kier molecular flexibility index (Phi) is 2.67. The van der Waals surface area contributed by atoms with Crippen molar-refractivity contribution in [2.45, 2.75) is 13.3 Å². The van der Waals surface area contributed by atoms with Crippen molar-refractivity contribution in [3.63, 3.8) is 0 Å². The van der Waals surface area contributed by atoms with E-state index in [0.717, 1.165) is 11.3 Å². The molecular formula is C14H13N3O2. The molecule has 1 aliphatic rings. The van der Waals surface area contributed by atoms with Gasteiger partial charge in [-0.15, -0.1) is 0 Å². The first-order valence-electron chi connectivity index (χ1n) is 6.13. The van der Waals surface area contributed by atoms with E-state index < -0.39 is 0 Å². The number of benzene rings is 1. The van der Waals surface area contributed by atoms with Gasteiger partial charge in [0.1, 0.15) is 0 Å². The van der Waals surface area contributed by atoms with Gasteiger partial charge in [-0.1, -0.05) is 19.1 Å². The zero-order chi connectivity index (χ0) is 13.4. The Hall–Kier alpha value is -2.43. The molecule has 3 rings (SSSR count). The molecule has 0 aliphatic carbocycles. The summed E-state index contributed by atoms with van der Waals surface area (Å²) >= 11 is 0. The number of nitrogens with zero attached hydrogens (tertiary/aromatic N) is 2. The second kappa shape index (κ2) is 4.35. The Labute approximate surface area is 110 Å². The number of rotatable bonds is 2. The molecule has 2 heterocycles. The van der Waals surface area contributed by atoms with Gasteiger partial charge in [-0.3, -0.25) is 19.6 Å². The van der Waals surface area contributed by atoms with Crippen molar-refractivity contribution < 1.29 is 9.59 Å². The summed E-state index contributed by atoms with van der Waals surface area (Å²) in [5, 5.41) is 6.76. The van der Waals surface area contributed by atoms with Crippen molar-refractivity contribution in [3.8, 4) is 11.3 Å². The van der Waals surface area contributed by atoms with E-state index in [4.69, 9.17) is 0 Å². The number of aromatic amines is 1. The number of carbonyl (C=O) groups is 2. The van der Waals surface area contributed by atoms with Gasteiger partial charge in [0.05, 0.1) is 11.4 Å². The summed E-state index contributed by atoms with van der Waals surface area (Å²) in [7, 11) is 0. The fraction of sp³-hybridized carbons (Fsp3) is 0.214. The first kappa shape index (κ1) is 11.6. The number of carbonyl (C=O) groups excluding carboxylic acids is 2. The Morgan fingerprint density at radius 1 is 1.21 bits per heavy atom. The molecule has 1 saturated heterocycles. The summed E-state index contributed by atoms with van der Waals surface area (Å²) in [5.41, 5.74) is 2.50. The number of H-pyrrole nitrogens is 1. The van der Waals surface area contributed by atoms with Crippen molar-refractivity contribution in [3.05, 3.63) is 36.5 Å². The van der Waals surface area contributed by atoms with Crippen LogP contribution in [0.1, 0.15) is 13.3 Å². The van der Waals surface area contributed by atoms with E-state index in [0.29, 0.717) is 12.1 Å². The maximum Gasteiger partial charge on any atom is 0.237 e. The molecule has 1 aromatic heterocycles. The Morgan fingerprint density at radius 2 is 1.95 bits per heavy atom. The van der Waals surface area contributed by atoms with E-state index in [1.807, 2.05) is 18.2 Å².